The van der Waals surface area contributed by atoms with E-state index in [-0.39, 0.29) is 30.6 Å². The first-order chi connectivity index (χ1) is 13.3. The Morgan fingerprint density at radius 3 is 2.20 bits per heavy atom. The molecule has 0 aromatic heterocycles. The number of para-hydroxylation sites is 1. The molecule has 0 bridgehead atoms. The van der Waals surface area contributed by atoms with Crippen LogP contribution in [0, 0.1) is 17.2 Å². The molecule has 3 N–H and O–H groups in total. The minimum atomic E-state index is -0.412. The number of piperazine rings is 1. The summed E-state index contributed by atoms with van der Waals surface area (Å²) >= 11 is 0. The zero-order valence-electron chi connectivity index (χ0n) is 18.6. The molecular formula is C23H39Cl2FN2O2. The predicted octanol–water partition coefficient (Wildman–Crippen LogP) is -4.77. The first-order valence-corrected chi connectivity index (χ1v) is 11.1. The lowest BCUT2D eigenvalue weighted by Crippen LogP contribution is -3.26. The fraction of sp³-hybridized carbons (Fsp3) is 0.739. The molecule has 0 spiro atoms. The molecule has 3 rings (SSSR count). The summed E-state index contributed by atoms with van der Waals surface area (Å²) in [7, 11) is 0. The van der Waals surface area contributed by atoms with Crippen LogP contribution in [0.2, 0.25) is 0 Å². The second-order valence-corrected chi connectivity index (χ2v) is 9.86. The van der Waals surface area contributed by atoms with E-state index < -0.39 is 6.10 Å². The van der Waals surface area contributed by atoms with Gasteiger partial charge in [-0.05, 0) is 43.1 Å². The van der Waals surface area contributed by atoms with E-state index in [9.17, 15) is 9.50 Å². The topological polar surface area (TPSA) is 38.3 Å². The average Bonchev–Trinajstić information content (AvgIpc) is 2.67. The lowest BCUT2D eigenvalue weighted by atomic mass is 9.72. The van der Waals surface area contributed by atoms with Crippen LogP contribution in [-0.4, -0.2) is 56.6 Å². The van der Waals surface area contributed by atoms with Crippen LogP contribution in [0.15, 0.2) is 24.3 Å². The van der Waals surface area contributed by atoms with Crippen molar-refractivity contribution in [3.05, 3.63) is 30.1 Å². The summed E-state index contributed by atoms with van der Waals surface area (Å²) in [5.74, 6) is 0.672. The maximum absolute atomic E-state index is 14.0. The highest BCUT2D eigenvalue weighted by atomic mass is 35.5. The Morgan fingerprint density at radius 2 is 1.63 bits per heavy atom. The second-order valence-electron chi connectivity index (χ2n) is 9.86. The number of aliphatic hydroxyl groups is 1. The van der Waals surface area contributed by atoms with Crippen molar-refractivity contribution in [2.24, 2.45) is 11.3 Å². The number of ether oxygens (including phenoxy) is 1. The highest BCUT2D eigenvalue weighted by Gasteiger charge is 2.31. The fourth-order valence-electron chi connectivity index (χ4n) is 4.86. The summed E-state index contributed by atoms with van der Waals surface area (Å²) in [6.07, 6.45) is 4.60. The number of nitrogens with one attached hydrogen (secondary N) is 2. The van der Waals surface area contributed by atoms with E-state index in [1.54, 1.807) is 6.07 Å². The molecule has 7 heteroatoms. The third kappa shape index (κ3) is 7.92. The monoisotopic (exact) mass is 464 g/mol. The molecule has 1 aromatic rings. The van der Waals surface area contributed by atoms with Gasteiger partial charge in [-0.1, -0.05) is 32.9 Å². The van der Waals surface area contributed by atoms with E-state index in [0.29, 0.717) is 18.1 Å². The molecule has 1 atom stereocenters. The number of rotatable bonds is 6. The van der Waals surface area contributed by atoms with E-state index in [1.807, 2.05) is 12.1 Å². The van der Waals surface area contributed by atoms with Crippen molar-refractivity contribution in [1.82, 2.24) is 0 Å². The van der Waals surface area contributed by atoms with Gasteiger partial charge in [0.15, 0.2) is 11.5 Å². The Balaban J connectivity index is 0.00000225. The van der Waals surface area contributed by atoms with Gasteiger partial charge in [-0.2, -0.15) is 0 Å². The molecule has 1 aliphatic carbocycles. The van der Waals surface area contributed by atoms with Crippen molar-refractivity contribution in [3.8, 4) is 0 Å². The third-order valence-corrected chi connectivity index (χ3v) is 6.76. The van der Waals surface area contributed by atoms with Crippen molar-refractivity contribution in [2.45, 2.75) is 58.7 Å². The van der Waals surface area contributed by atoms with Gasteiger partial charge < -0.3 is 39.6 Å². The van der Waals surface area contributed by atoms with Crippen molar-refractivity contribution < 1.29 is 48.8 Å². The van der Waals surface area contributed by atoms with Crippen LogP contribution in [0.3, 0.4) is 0 Å². The maximum Gasteiger partial charge on any atom is 0.183 e. The number of benzene rings is 1. The number of quaternary nitrogens is 2. The van der Waals surface area contributed by atoms with E-state index in [0.717, 1.165) is 57.2 Å². The standard InChI is InChI=1S/C23H37FN2O2.2ClH/c1-23(2,3)18-8-10-20(11-9-18)28-17-19(27)16-25-12-14-26(15-13-25)22-7-5-4-6-21(22)24;;/h4-7,18-20,27H,8-17H2,1-3H3;2*1H. The zero-order valence-corrected chi connectivity index (χ0v) is 20.1. The number of hydrogen-bond acceptors (Lipinski definition) is 2. The van der Waals surface area contributed by atoms with Crippen LogP contribution in [0.5, 0.6) is 0 Å². The minimum absolute atomic E-state index is 0. The van der Waals surface area contributed by atoms with Crippen molar-refractivity contribution in [2.75, 3.05) is 39.3 Å². The van der Waals surface area contributed by atoms with Crippen LogP contribution in [0.25, 0.3) is 0 Å². The third-order valence-electron chi connectivity index (χ3n) is 6.76. The summed E-state index contributed by atoms with van der Waals surface area (Å²) in [6, 6.07) is 7.07. The van der Waals surface area contributed by atoms with Gasteiger partial charge in [0.25, 0.3) is 0 Å². The summed E-state index contributed by atoms with van der Waals surface area (Å²) in [4.78, 5) is 2.61. The maximum atomic E-state index is 14.0. The Hall–Kier alpha value is -0.430. The van der Waals surface area contributed by atoms with Gasteiger partial charge in [-0.15, -0.1) is 0 Å². The molecule has 1 aromatic carbocycles. The number of aliphatic hydroxyl groups excluding tert-OH is 1. The Kier molecular flexibility index (Phi) is 11.6. The molecule has 2 aliphatic rings. The van der Waals surface area contributed by atoms with Crippen LogP contribution in [-0.2, 0) is 4.74 Å². The molecule has 1 unspecified atom stereocenters. The van der Waals surface area contributed by atoms with Crippen LogP contribution < -0.4 is 34.6 Å². The normalized spacial score (nSPS) is 28.2. The van der Waals surface area contributed by atoms with Gasteiger partial charge in [-0.25, -0.2) is 4.39 Å². The zero-order chi connectivity index (χ0) is 20.1. The van der Waals surface area contributed by atoms with E-state index in [2.05, 4.69) is 20.8 Å². The lowest BCUT2D eigenvalue weighted by Gasteiger charge is -2.37. The van der Waals surface area contributed by atoms with Gasteiger partial charge in [0, 0.05) is 6.07 Å². The highest BCUT2D eigenvalue weighted by molar-refractivity contribution is 5.30. The van der Waals surface area contributed by atoms with E-state index >= 15 is 0 Å². The van der Waals surface area contributed by atoms with Crippen LogP contribution >= 0.6 is 0 Å². The van der Waals surface area contributed by atoms with Gasteiger partial charge in [0.1, 0.15) is 38.8 Å². The summed E-state index contributed by atoms with van der Waals surface area (Å²) in [5, 5.41) is 10.4. The summed E-state index contributed by atoms with van der Waals surface area (Å²) in [6.45, 7) is 11.9. The minimum Gasteiger partial charge on any atom is -1.00 e. The van der Waals surface area contributed by atoms with Gasteiger partial charge in [0.05, 0.1) is 12.7 Å². The van der Waals surface area contributed by atoms with Gasteiger partial charge in [-0.3, -0.25) is 4.90 Å². The first-order valence-electron chi connectivity index (χ1n) is 11.1. The van der Waals surface area contributed by atoms with E-state index in [1.165, 1.54) is 28.7 Å². The smallest absolute Gasteiger partial charge is 0.183 e. The number of halogens is 3. The Bertz CT molecular complexity index is 613. The molecule has 30 heavy (non-hydrogen) atoms. The number of hydrogen-bond donors (Lipinski definition) is 3. The van der Waals surface area contributed by atoms with Crippen LogP contribution in [0.1, 0.15) is 46.5 Å². The van der Waals surface area contributed by atoms with Gasteiger partial charge >= 0.3 is 0 Å². The Labute approximate surface area is 194 Å². The quantitative estimate of drug-likeness (QED) is 0.395. The molecule has 1 aliphatic heterocycles. The molecule has 174 valence electrons. The molecular weight excluding hydrogens is 426 g/mol. The molecule has 2 fully saturated rings. The highest BCUT2D eigenvalue weighted by Crippen LogP contribution is 2.38. The van der Waals surface area contributed by atoms with Crippen molar-refractivity contribution >= 4 is 5.69 Å². The molecule has 4 nitrogen and oxygen atoms in total. The summed E-state index contributed by atoms with van der Waals surface area (Å²) < 4.78 is 20.0. The average molecular weight is 465 g/mol. The molecule has 1 saturated carbocycles. The van der Waals surface area contributed by atoms with Crippen molar-refractivity contribution in [1.29, 1.82) is 0 Å². The Morgan fingerprint density at radius 1 is 1.03 bits per heavy atom. The predicted molar refractivity (Wildman–Crippen MR) is 109 cm³/mol. The summed E-state index contributed by atoms with van der Waals surface area (Å²) in [5.41, 5.74) is 1.16. The largest absolute Gasteiger partial charge is 1.00 e. The van der Waals surface area contributed by atoms with E-state index in [4.69, 9.17) is 4.74 Å². The lowest BCUT2D eigenvalue weighted by molar-refractivity contribution is -0.988. The van der Waals surface area contributed by atoms with Crippen LogP contribution in [0.4, 0.5) is 10.1 Å². The van der Waals surface area contributed by atoms with Crippen molar-refractivity contribution in [3.63, 3.8) is 0 Å². The van der Waals surface area contributed by atoms with Gasteiger partial charge in [0.2, 0.25) is 0 Å². The SMILES string of the molecule is CC(C)(C)C1CCC(OCC(O)C[NH+]2CC[NH+](c3ccccc3F)CC2)CC1.[Cl-].[Cl-]. The molecule has 0 amide bonds. The first kappa shape index (κ1) is 27.6. The second kappa shape index (κ2) is 12.6. The molecule has 1 saturated heterocycles. The fourth-order valence-corrected chi connectivity index (χ4v) is 4.86. The molecule has 0 radical (unpaired) electrons. The molecule has 1 heterocycles.